The van der Waals surface area contributed by atoms with E-state index in [0.717, 1.165) is 60.1 Å². The van der Waals surface area contributed by atoms with Gasteiger partial charge in [-0.25, -0.2) is 0 Å². The highest BCUT2D eigenvalue weighted by Gasteiger charge is 2.33. The van der Waals surface area contributed by atoms with Crippen molar-refractivity contribution in [3.63, 3.8) is 0 Å². The summed E-state index contributed by atoms with van der Waals surface area (Å²) in [6.45, 7) is 12.1. The van der Waals surface area contributed by atoms with Crippen LogP contribution in [0.15, 0.2) is 83.7 Å². The molecule has 1 N–H and O–H groups in total. The van der Waals surface area contributed by atoms with E-state index < -0.39 is 9.04 Å². The first-order chi connectivity index (χ1) is 17.8. The van der Waals surface area contributed by atoms with Crippen molar-refractivity contribution in [3.05, 3.63) is 100 Å². The van der Waals surface area contributed by atoms with Crippen LogP contribution >= 0.6 is 0 Å². The summed E-state index contributed by atoms with van der Waals surface area (Å²) in [5, 5.41) is 3.35. The van der Waals surface area contributed by atoms with Gasteiger partial charge in [-0.2, -0.15) is 0 Å². The number of H-pyrrole nitrogens is 1. The van der Waals surface area contributed by atoms with Crippen LogP contribution in [0.5, 0.6) is 0 Å². The number of fused-ring (bicyclic) bond motifs is 1. The number of hydrogen-bond acceptors (Lipinski definition) is 3. The molecule has 0 aliphatic carbocycles. The maximum atomic E-state index is 12.6. The van der Waals surface area contributed by atoms with Crippen LogP contribution < -0.4 is 10.7 Å². The van der Waals surface area contributed by atoms with Crippen molar-refractivity contribution < 1.29 is 4.43 Å². The minimum Gasteiger partial charge on any atom is -0.412 e. The van der Waals surface area contributed by atoms with Crippen molar-refractivity contribution in [1.29, 1.82) is 0 Å². The molecule has 1 aromatic heterocycles. The van der Waals surface area contributed by atoms with Gasteiger partial charge in [-0.1, -0.05) is 87.5 Å². The van der Waals surface area contributed by atoms with Gasteiger partial charge in [0.2, 0.25) is 9.04 Å². The molecular weight excluding hydrogens is 472 g/mol. The molecule has 1 fully saturated rings. The lowest BCUT2D eigenvalue weighted by Crippen LogP contribution is -2.47. The third kappa shape index (κ3) is 5.95. The summed E-state index contributed by atoms with van der Waals surface area (Å²) in [4.78, 5) is 18.2. The molecule has 0 spiro atoms. The Kier molecular flexibility index (Phi) is 7.47. The van der Waals surface area contributed by atoms with Crippen molar-refractivity contribution in [2.24, 2.45) is 0 Å². The highest BCUT2D eigenvalue weighted by molar-refractivity contribution is 6.70. The predicted molar refractivity (Wildman–Crippen MR) is 157 cm³/mol. The lowest BCUT2D eigenvalue weighted by atomic mass is 10.0. The van der Waals surface area contributed by atoms with Gasteiger partial charge in [0.1, 0.15) is 0 Å². The SMILES string of the molecule is Cc1cccc2c(=O)[nH]c(-c3ccc(CN4CCC(O[SiH](c5ccccc5)C(C)(C)C)CC4)cc3)cc12. The smallest absolute Gasteiger partial charge is 0.256 e. The Morgan fingerprint density at radius 1 is 0.919 bits per heavy atom. The number of rotatable bonds is 6. The summed E-state index contributed by atoms with van der Waals surface area (Å²) in [6, 6.07) is 27.4. The molecule has 1 saturated heterocycles. The van der Waals surface area contributed by atoms with Gasteiger partial charge in [-0.3, -0.25) is 9.69 Å². The van der Waals surface area contributed by atoms with Crippen LogP contribution in [-0.2, 0) is 11.0 Å². The topological polar surface area (TPSA) is 45.3 Å². The Morgan fingerprint density at radius 3 is 2.30 bits per heavy atom. The van der Waals surface area contributed by atoms with Crippen molar-refractivity contribution in [2.75, 3.05) is 13.1 Å². The van der Waals surface area contributed by atoms with E-state index in [1.807, 2.05) is 12.1 Å². The van der Waals surface area contributed by atoms with Crippen molar-refractivity contribution in [2.45, 2.75) is 58.2 Å². The Balaban J connectivity index is 1.20. The van der Waals surface area contributed by atoms with Gasteiger partial charge in [-0.15, -0.1) is 0 Å². The summed E-state index contributed by atoms with van der Waals surface area (Å²) in [5.74, 6) is 0. The number of nitrogens with zero attached hydrogens (tertiary/aromatic N) is 1. The van der Waals surface area contributed by atoms with Crippen LogP contribution in [0.3, 0.4) is 0 Å². The summed E-state index contributed by atoms with van der Waals surface area (Å²) in [6.07, 6.45) is 2.52. The Labute approximate surface area is 222 Å². The second kappa shape index (κ2) is 10.8. The molecule has 1 aliphatic rings. The van der Waals surface area contributed by atoms with Crippen LogP contribution in [-0.4, -0.2) is 38.1 Å². The summed E-state index contributed by atoms with van der Waals surface area (Å²) in [5.41, 5.74) is 4.29. The first kappa shape index (κ1) is 25.6. The molecular formula is C32H38N2O2Si. The van der Waals surface area contributed by atoms with E-state index in [0.29, 0.717) is 6.10 Å². The third-order valence-corrected chi connectivity index (χ3v) is 10.7. The molecule has 4 aromatic rings. The number of benzene rings is 3. The number of aromatic amines is 1. The summed E-state index contributed by atoms with van der Waals surface area (Å²) >= 11 is 0. The first-order valence-electron chi connectivity index (χ1n) is 13.4. The van der Waals surface area contributed by atoms with Gasteiger partial charge in [0.15, 0.2) is 0 Å². The third-order valence-electron chi connectivity index (χ3n) is 7.53. The van der Waals surface area contributed by atoms with Crippen molar-refractivity contribution in [3.8, 4) is 11.3 Å². The van der Waals surface area contributed by atoms with Crippen LogP contribution in [0.1, 0.15) is 44.7 Å². The van der Waals surface area contributed by atoms with E-state index in [2.05, 4.69) is 104 Å². The second-order valence-corrected chi connectivity index (χ2v) is 14.9. The molecule has 1 atom stereocenters. The molecule has 3 aromatic carbocycles. The fraction of sp³-hybridized carbons (Fsp3) is 0.344. The van der Waals surface area contributed by atoms with Gasteiger partial charge < -0.3 is 9.41 Å². The Hall–Kier alpha value is -2.99. The Morgan fingerprint density at radius 2 is 1.62 bits per heavy atom. The zero-order valence-corrected chi connectivity index (χ0v) is 23.6. The quantitative estimate of drug-likeness (QED) is 0.328. The molecule has 5 rings (SSSR count). The number of likely N-dealkylation sites (tertiary alicyclic amines) is 1. The highest BCUT2D eigenvalue weighted by atomic mass is 28.3. The largest absolute Gasteiger partial charge is 0.412 e. The zero-order chi connectivity index (χ0) is 26.0. The van der Waals surface area contributed by atoms with Crippen LogP contribution in [0.4, 0.5) is 0 Å². The molecule has 5 heteroatoms. The minimum absolute atomic E-state index is 0.0330. The van der Waals surface area contributed by atoms with Gasteiger partial charge >= 0.3 is 0 Å². The zero-order valence-electron chi connectivity index (χ0n) is 22.5. The fourth-order valence-corrected chi connectivity index (χ4v) is 8.24. The van der Waals surface area contributed by atoms with E-state index in [4.69, 9.17) is 4.43 Å². The molecule has 192 valence electrons. The number of pyridine rings is 1. The molecule has 1 unspecified atom stereocenters. The normalized spacial score (nSPS) is 16.2. The van der Waals surface area contributed by atoms with Crippen LogP contribution in [0.25, 0.3) is 22.0 Å². The van der Waals surface area contributed by atoms with E-state index >= 15 is 0 Å². The maximum Gasteiger partial charge on any atom is 0.256 e. The Bertz CT molecular complexity index is 1400. The average Bonchev–Trinajstić information content (AvgIpc) is 2.89. The standard InChI is InChI=1S/C32H38N2O2Si/c1-23-9-8-12-28-29(23)21-30(33-31(28)35)25-15-13-24(14-16-25)22-34-19-17-26(18-20-34)36-37(32(2,3)4)27-10-6-5-7-11-27/h5-16,21,26,37H,17-20,22H2,1-4H3,(H,33,35). The number of hydrogen-bond donors (Lipinski definition) is 1. The molecule has 4 nitrogen and oxygen atoms in total. The molecule has 0 radical (unpaired) electrons. The van der Waals surface area contributed by atoms with Crippen LogP contribution in [0.2, 0.25) is 5.04 Å². The lowest BCUT2D eigenvalue weighted by Gasteiger charge is -2.37. The molecule has 0 saturated carbocycles. The molecule has 37 heavy (non-hydrogen) atoms. The number of nitrogens with one attached hydrogen (secondary N) is 1. The van der Waals surface area contributed by atoms with Crippen molar-refractivity contribution in [1.82, 2.24) is 9.88 Å². The number of piperidine rings is 1. The predicted octanol–water partition coefficient (Wildman–Crippen LogP) is 5.92. The fourth-order valence-electron chi connectivity index (χ4n) is 5.45. The lowest BCUT2D eigenvalue weighted by molar-refractivity contribution is 0.0936. The number of aromatic nitrogens is 1. The van der Waals surface area contributed by atoms with Crippen molar-refractivity contribution >= 4 is 25.0 Å². The van der Waals surface area contributed by atoms with E-state index in [1.54, 1.807) is 0 Å². The molecule has 1 aliphatic heterocycles. The summed E-state index contributed by atoms with van der Waals surface area (Å²) in [7, 11) is -1.54. The second-order valence-electron chi connectivity index (χ2n) is 11.5. The highest BCUT2D eigenvalue weighted by Crippen LogP contribution is 2.30. The van der Waals surface area contributed by atoms with E-state index in [9.17, 15) is 4.79 Å². The maximum absolute atomic E-state index is 12.6. The van der Waals surface area contributed by atoms with Gasteiger partial charge in [0, 0.05) is 36.8 Å². The molecule has 0 bridgehead atoms. The summed E-state index contributed by atoms with van der Waals surface area (Å²) < 4.78 is 6.84. The molecule has 0 amide bonds. The van der Waals surface area contributed by atoms with Gasteiger partial charge in [0.05, 0.1) is 0 Å². The monoisotopic (exact) mass is 510 g/mol. The first-order valence-corrected chi connectivity index (χ1v) is 15.1. The molecule has 2 heterocycles. The van der Waals surface area contributed by atoms with Gasteiger partial charge in [0.25, 0.3) is 5.56 Å². The van der Waals surface area contributed by atoms with E-state index in [1.165, 1.54) is 10.8 Å². The minimum atomic E-state index is -1.54. The van der Waals surface area contributed by atoms with Crippen LogP contribution in [0, 0.1) is 6.92 Å². The average molecular weight is 511 g/mol. The van der Waals surface area contributed by atoms with E-state index in [-0.39, 0.29) is 10.6 Å². The number of aryl methyl sites for hydroxylation is 1. The van der Waals surface area contributed by atoms with Gasteiger partial charge in [-0.05, 0) is 64.2 Å².